The van der Waals surface area contributed by atoms with E-state index in [1.807, 2.05) is 0 Å². The number of rotatable bonds is 6. The van der Waals surface area contributed by atoms with E-state index in [2.05, 4.69) is 5.32 Å². The molecule has 17 heavy (non-hydrogen) atoms. The quantitative estimate of drug-likeness (QED) is 0.583. The summed E-state index contributed by atoms with van der Waals surface area (Å²) in [5.41, 5.74) is 0. The average molecular weight is 259 g/mol. The Morgan fingerprint density at radius 3 is 2.88 bits per heavy atom. The van der Waals surface area contributed by atoms with Crippen LogP contribution in [-0.4, -0.2) is 36.0 Å². The zero-order valence-electron chi connectivity index (χ0n) is 10.4. The van der Waals surface area contributed by atoms with Gasteiger partial charge < -0.3 is 10.1 Å². The van der Waals surface area contributed by atoms with Gasteiger partial charge in [-0.15, -0.1) is 11.8 Å². The summed E-state index contributed by atoms with van der Waals surface area (Å²) in [5, 5.41) is 3.00. The highest BCUT2D eigenvalue weighted by molar-refractivity contribution is 8.00. The van der Waals surface area contributed by atoms with Crippen molar-refractivity contribution >= 4 is 23.6 Å². The summed E-state index contributed by atoms with van der Waals surface area (Å²) in [4.78, 5) is 22.8. The highest BCUT2D eigenvalue weighted by Crippen LogP contribution is 2.24. The number of carbonyl (C=O) groups is 2. The third kappa shape index (κ3) is 5.96. The predicted molar refractivity (Wildman–Crippen MR) is 69.0 cm³/mol. The number of hydrogen-bond acceptors (Lipinski definition) is 4. The van der Waals surface area contributed by atoms with Crippen LogP contribution in [0, 0.1) is 0 Å². The molecule has 0 aromatic heterocycles. The first-order valence-electron chi connectivity index (χ1n) is 6.29. The molecule has 0 saturated carbocycles. The van der Waals surface area contributed by atoms with Crippen molar-refractivity contribution in [3.05, 3.63) is 0 Å². The van der Waals surface area contributed by atoms with E-state index >= 15 is 0 Å². The summed E-state index contributed by atoms with van der Waals surface area (Å²) in [6, 6.07) is 0. The lowest BCUT2D eigenvalue weighted by molar-refractivity contribution is -0.143. The maximum absolute atomic E-state index is 11.7. The Morgan fingerprint density at radius 1 is 1.41 bits per heavy atom. The highest BCUT2D eigenvalue weighted by atomic mass is 32.2. The molecule has 1 atom stereocenters. The van der Waals surface area contributed by atoms with Crippen molar-refractivity contribution in [1.29, 1.82) is 0 Å². The minimum Gasteiger partial charge on any atom is -0.466 e. The first-order chi connectivity index (χ1) is 8.24. The van der Waals surface area contributed by atoms with Gasteiger partial charge in [0.1, 0.15) is 0 Å². The second kappa shape index (κ2) is 8.39. The Bertz CT molecular complexity index is 252. The van der Waals surface area contributed by atoms with Gasteiger partial charge in [0.15, 0.2) is 0 Å². The molecule has 0 bridgehead atoms. The van der Waals surface area contributed by atoms with Crippen molar-refractivity contribution in [3.8, 4) is 0 Å². The molecule has 1 saturated heterocycles. The Morgan fingerprint density at radius 2 is 2.24 bits per heavy atom. The molecule has 98 valence electrons. The summed E-state index contributed by atoms with van der Waals surface area (Å²) < 4.78 is 4.81. The molecular formula is C12H21NO3S. The van der Waals surface area contributed by atoms with Gasteiger partial charge in [-0.1, -0.05) is 6.42 Å². The van der Waals surface area contributed by atoms with Gasteiger partial charge in [0.05, 0.1) is 11.9 Å². The van der Waals surface area contributed by atoms with E-state index in [9.17, 15) is 9.59 Å². The van der Waals surface area contributed by atoms with E-state index in [4.69, 9.17) is 4.74 Å². The molecule has 1 heterocycles. The van der Waals surface area contributed by atoms with Crippen LogP contribution in [0.1, 0.15) is 39.0 Å². The topological polar surface area (TPSA) is 55.4 Å². The normalized spacial score (nSPS) is 19.7. The number of thioether (sulfide) groups is 1. The van der Waals surface area contributed by atoms with E-state index in [1.54, 1.807) is 18.7 Å². The third-order valence-corrected chi connectivity index (χ3v) is 4.01. The molecule has 5 heteroatoms. The number of amides is 1. The van der Waals surface area contributed by atoms with Crippen molar-refractivity contribution in [1.82, 2.24) is 5.32 Å². The second-order valence-corrected chi connectivity index (χ2v) is 5.37. The number of ether oxygens (including phenoxy) is 1. The molecular weight excluding hydrogens is 238 g/mol. The maximum Gasteiger partial charge on any atom is 0.305 e. The molecule has 0 aromatic carbocycles. The smallest absolute Gasteiger partial charge is 0.305 e. The molecule has 1 unspecified atom stereocenters. The Kier molecular flexibility index (Phi) is 7.08. The molecule has 0 spiro atoms. The zero-order chi connectivity index (χ0) is 12.5. The van der Waals surface area contributed by atoms with Crippen molar-refractivity contribution in [2.45, 2.75) is 44.3 Å². The summed E-state index contributed by atoms with van der Waals surface area (Å²) >= 11 is 1.74. The largest absolute Gasteiger partial charge is 0.466 e. The van der Waals surface area contributed by atoms with Crippen LogP contribution in [0.25, 0.3) is 0 Å². The first-order valence-corrected chi connectivity index (χ1v) is 7.34. The van der Waals surface area contributed by atoms with E-state index in [-0.39, 0.29) is 17.1 Å². The lowest BCUT2D eigenvalue weighted by Crippen LogP contribution is -2.34. The molecule has 1 amide bonds. The van der Waals surface area contributed by atoms with Crippen LogP contribution in [0.4, 0.5) is 0 Å². The fourth-order valence-electron chi connectivity index (χ4n) is 1.74. The monoisotopic (exact) mass is 259 g/mol. The molecule has 1 rings (SSSR count). The lowest BCUT2D eigenvalue weighted by atomic mass is 10.2. The van der Waals surface area contributed by atoms with Gasteiger partial charge in [0.2, 0.25) is 5.91 Å². The second-order valence-electron chi connectivity index (χ2n) is 4.05. The molecule has 1 aliphatic rings. The van der Waals surface area contributed by atoms with Crippen LogP contribution in [0.2, 0.25) is 0 Å². The minimum absolute atomic E-state index is 0.117. The summed E-state index contributed by atoms with van der Waals surface area (Å²) in [5.74, 6) is 1.02. The van der Waals surface area contributed by atoms with E-state index < -0.39 is 0 Å². The molecule has 0 aliphatic carbocycles. The number of carbonyl (C=O) groups excluding carboxylic acids is 2. The fourth-order valence-corrected chi connectivity index (χ4v) is 2.96. The number of esters is 1. The van der Waals surface area contributed by atoms with Gasteiger partial charge >= 0.3 is 5.97 Å². The van der Waals surface area contributed by atoms with Crippen LogP contribution in [0.3, 0.4) is 0 Å². The third-order valence-electron chi connectivity index (χ3n) is 2.63. The van der Waals surface area contributed by atoms with Crippen LogP contribution >= 0.6 is 11.8 Å². The van der Waals surface area contributed by atoms with Crippen molar-refractivity contribution in [3.63, 3.8) is 0 Å². The van der Waals surface area contributed by atoms with Crippen LogP contribution in [0.15, 0.2) is 0 Å². The standard InChI is InChI=1S/C12H21NO3S/c1-2-16-11(14)7-5-8-13-12(15)10-6-3-4-9-17-10/h10H,2-9H2,1H3,(H,13,15). The molecule has 1 N–H and O–H groups in total. The van der Waals surface area contributed by atoms with Crippen molar-refractivity contribution in [2.75, 3.05) is 18.9 Å². The molecule has 0 radical (unpaired) electrons. The first kappa shape index (κ1) is 14.4. The zero-order valence-corrected chi connectivity index (χ0v) is 11.2. The van der Waals surface area contributed by atoms with E-state index in [0.717, 1.165) is 18.6 Å². The SMILES string of the molecule is CCOC(=O)CCCNC(=O)C1CCCCS1. The molecule has 4 nitrogen and oxygen atoms in total. The van der Waals surface area contributed by atoms with E-state index in [1.165, 1.54) is 6.42 Å². The van der Waals surface area contributed by atoms with Crippen LogP contribution < -0.4 is 5.32 Å². The van der Waals surface area contributed by atoms with Gasteiger partial charge in [-0.3, -0.25) is 9.59 Å². The average Bonchev–Trinajstić information content (AvgIpc) is 2.36. The Hall–Kier alpha value is -0.710. The fraction of sp³-hybridized carbons (Fsp3) is 0.833. The van der Waals surface area contributed by atoms with Gasteiger partial charge in [-0.25, -0.2) is 0 Å². The van der Waals surface area contributed by atoms with Gasteiger partial charge in [-0.05, 0) is 31.9 Å². The lowest BCUT2D eigenvalue weighted by Gasteiger charge is -2.20. The van der Waals surface area contributed by atoms with Gasteiger partial charge in [0, 0.05) is 13.0 Å². The number of nitrogens with one attached hydrogen (secondary N) is 1. The number of hydrogen-bond donors (Lipinski definition) is 1. The Balaban J connectivity index is 2.05. The van der Waals surface area contributed by atoms with Crippen molar-refractivity contribution < 1.29 is 14.3 Å². The molecule has 1 fully saturated rings. The predicted octanol–water partition coefficient (Wildman–Crippen LogP) is 1.73. The molecule has 0 aromatic rings. The van der Waals surface area contributed by atoms with E-state index in [0.29, 0.717) is 26.0 Å². The summed E-state index contributed by atoms with van der Waals surface area (Å²) in [6.07, 6.45) is 4.38. The Labute approximate surface area is 107 Å². The van der Waals surface area contributed by atoms with Crippen LogP contribution in [-0.2, 0) is 14.3 Å². The minimum atomic E-state index is -0.186. The van der Waals surface area contributed by atoms with Gasteiger partial charge in [-0.2, -0.15) is 0 Å². The highest BCUT2D eigenvalue weighted by Gasteiger charge is 2.20. The van der Waals surface area contributed by atoms with Crippen molar-refractivity contribution in [2.24, 2.45) is 0 Å². The molecule has 1 aliphatic heterocycles. The van der Waals surface area contributed by atoms with Crippen LogP contribution in [0.5, 0.6) is 0 Å². The maximum atomic E-state index is 11.7. The van der Waals surface area contributed by atoms with Gasteiger partial charge in [0.25, 0.3) is 0 Å². The summed E-state index contributed by atoms with van der Waals surface area (Å²) in [7, 11) is 0. The summed E-state index contributed by atoms with van der Waals surface area (Å²) in [6.45, 7) is 2.78.